The molecule has 4 nitrogen and oxygen atoms in total. The summed E-state index contributed by atoms with van der Waals surface area (Å²) in [5.41, 5.74) is 0.993. The molecular weight excluding hydrogens is 238 g/mol. The van der Waals surface area contributed by atoms with Crippen molar-refractivity contribution in [2.45, 2.75) is 4.90 Å². The Bertz CT molecular complexity index is 650. The molecule has 3 N–H and O–H groups in total. The Hall–Kier alpha value is -1.85. The molecule has 87 valence electrons. The largest absolute Gasteiger partial charge is 0.507 e. The number of benzene rings is 2. The third-order valence-electron chi connectivity index (χ3n) is 2.29. The number of nitrogens with two attached hydrogens (primary N) is 1. The Kier molecular flexibility index (Phi) is 2.87. The molecule has 0 aliphatic rings. The van der Waals surface area contributed by atoms with Crippen LogP contribution < -0.4 is 5.14 Å². The number of hydrogen-bond donors (Lipinski definition) is 2. The van der Waals surface area contributed by atoms with Gasteiger partial charge in [0.25, 0.3) is 0 Å². The van der Waals surface area contributed by atoms with Crippen LogP contribution in [0.4, 0.5) is 0 Å². The lowest BCUT2D eigenvalue weighted by atomic mass is 10.1. The van der Waals surface area contributed by atoms with Crippen LogP contribution in [-0.4, -0.2) is 13.5 Å². The van der Waals surface area contributed by atoms with Crippen molar-refractivity contribution >= 4 is 10.0 Å². The van der Waals surface area contributed by atoms with Gasteiger partial charge in [0, 0.05) is 5.56 Å². The van der Waals surface area contributed by atoms with Crippen LogP contribution in [0.1, 0.15) is 0 Å². The van der Waals surface area contributed by atoms with Gasteiger partial charge in [-0.2, -0.15) is 0 Å². The van der Waals surface area contributed by atoms with E-state index >= 15 is 0 Å². The van der Waals surface area contributed by atoms with E-state index in [0.29, 0.717) is 11.1 Å². The molecule has 0 spiro atoms. The smallest absolute Gasteiger partial charge is 0.238 e. The summed E-state index contributed by atoms with van der Waals surface area (Å²) in [6.07, 6.45) is 0. The zero-order valence-electron chi connectivity index (χ0n) is 8.79. The first-order valence-electron chi connectivity index (χ1n) is 4.81. The minimum atomic E-state index is -3.74. The van der Waals surface area contributed by atoms with Crippen LogP contribution in [0.25, 0.3) is 11.1 Å². The standard InChI is InChI=1S/C12H10NO3S/c13-17(15,16)10-5-3-4-9(8-10)11-6-1-2-7-12(11)14/h1-5,7-8,14H,(H2,13,15,16). The maximum Gasteiger partial charge on any atom is 0.238 e. The first kappa shape index (κ1) is 11.6. The van der Waals surface area contributed by atoms with Gasteiger partial charge in [0.1, 0.15) is 5.75 Å². The lowest BCUT2D eigenvalue weighted by Crippen LogP contribution is -2.11. The maximum atomic E-state index is 11.2. The van der Waals surface area contributed by atoms with E-state index in [4.69, 9.17) is 5.14 Å². The number of primary sulfonamides is 1. The molecule has 2 aromatic rings. The Balaban J connectivity index is 2.59. The minimum Gasteiger partial charge on any atom is -0.507 e. The second-order valence-corrected chi connectivity index (χ2v) is 5.06. The number of aromatic hydroxyl groups is 1. The van der Waals surface area contributed by atoms with E-state index in [9.17, 15) is 13.5 Å². The second-order valence-electron chi connectivity index (χ2n) is 3.50. The third-order valence-corrected chi connectivity index (χ3v) is 3.20. The van der Waals surface area contributed by atoms with Crippen molar-refractivity contribution in [2.24, 2.45) is 5.14 Å². The van der Waals surface area contributed by atoms with E-state index in [2.05, 4.69) is 6.07 Å². The molecule has 2 rings (SSSR count). The highest BCUT2D eigenvalue weighted by molar-refractivity contribution is 7.89. The van der Waals surface area contributed by atoms with Crippen molar-refractivity contribution in [1.29, 1.82) is 0 Å². The van der Waals surface area contributed by atoms with Crippen LogP contribution in [0, 0.1) is 6.07 Å². The molecule has 0 bridgehead atoms. The number of phenolic OH excluding ortho intramolecular Hbond substituents is 1. The molecule has 0 aliphatic carbocycles. The van der Waals surface area contributed by atoms with Gasteiger partial charge < -0.3 is 5.11 Å². The summed E-state index contributed by atoms with van der Waals surface area (Å²) >= 11 is 0. The predicted octanol–water partition coefficient (Wildman–Crippen LogP) is 1.51. The fourth-order valence-corrected chi connectivity index (χ4v) is 2.05. The zero-order chi connectivity index (χ0) is 12.5. The lowest BCUT2D eigenvalue weighted by molar-refractivity contribution is 0.477. The maximum absolute atomic E-state index is 11.2. The van der Waals surface area contributed by atoms with Crippen LogP contribution in [0.15, 0.2) is 47.4 Å². The predicted molar refractivity (Wildman–Crippen MR) is 63.8 cm³/mol. The van der Waals surface area contributed by atoms with Crippen molar-refractivity contribution in [2.75, 3.05) is 0 Å². The molecule has 0 aromatic heterocycles. The van der Waals surface area contributed by atoms with Gasteiger partial charge in [-0.3, -0.25) is 0 Å². The monoisotopic (exact) mass is 248 g/mol. The van der Waals surface area contributed by atoms with Gasteiger partial charge in [0.05, 0.1) is 4.90 Å². The highest BCUT2D eigenvalue weighted by Gasteiger charge is 2.10. The summed E-state index contributed by atoms with van der Waals surface area (Å²) in [5, 5.41) is 14.7. The van der Waals surface area contributed by atoms with E-state index in [0.717, 1.165) is 0 Å². The van der Waals surface area contributed by atoms with Gasteiger partial charge in [0.2, 0.25) is 10.0 Å². The second kappa shape index (κ2) is 4.20. The molecule has 0 unspecified atom stereocenters. The average Bonchev–Trinajstić information content (AvgIpc) is 2.29. The highest BCUT2D eigenvalue weighted by Crippen LogP contribution is 2.29. The van der Waals surface area contributed by atoms with E-state index in [-0.39, 0.29) is 10.6 Å². The quantitative estimate of drug-likeness (QED) is 0.845. The molecule has 0 fully saturated rings. The van der Waals surface area contributed by atoms with E-state index in [1.54, 1.807) is 24.3 Å². The summed E-state index contributed by atoms with van der Waals surface area (Å²) in [4.78, 5) is 0.00616. The molecule has 0 atom stereocenters. The summed E-state index contributed by atoms with van der Waals surface area (Å²) in [6.45, 7) is 0. The third kappa shape index (κ3) is 2.46. The summed E-state index contributed by atoms with van der Waals surface area (Å²) < 4.78 is 22.4. The Morgan fingerprint density at radius 1 is 1.18 bits per heavy atom. The minimum absolute atomic E-state index is 0.00616. The summed E-state index contributed by atoms with van der Waals surface area (Å²) in [6, 6.07) is 13.7. The van der Waals surface area contributed by atoms with Crippen molar-refractivity contribution in [3.63, 3.8) is 0 Å². The molecule has 1 radical (unpaired) electrons. The molecule has 17 heavy (non-hydrogen) atoms. The Morgan fingerprint density at radius 3 is 2.59 bits per heavy atom. The van der Waals surface area contributed by atoms with E-state index < -0.39 is 10.0 Å². The van der Waals surface area contributed by atoms with Crippen molar-refractivity contribution in [3.8, 4) is 16.9 Å². The SMILES string of the molecule is NS(=O)(=O)c1cccc(-c2[c]cccc2O)c1. The zero-order valence-corrected chi connectivity index (χ0v) is 9.61. The number of hydrogen-bond acceptors (Lipinski definition) is 3. The van der Waals surface area contributed by atoms with Crippen molar-refractivity contribution in [3.05, 3.63) is 48.5 Å². The Morgan fingerprint density at radius 2 is 1.94 bits per heavy atom. The molecular formula is C12H10NO3S. The molecule has 0 aliphatic heterocycles. The lowest BCUT2D eigenvalue weighted by Gasteiger charge is -2.05. The molecule has 2 aromatic carbocycles. The fraction of sp³-hybridized carbons (Fsp3) is 0. The fourth-order valence-electron chi connectivity index (χ4n) is 1.49. The van der Waals surface area contributed by atoms with Crippen LogP contribution in [-0.2, 0) is 10.0 Å². The Labute approximate surface area is 99.4 Å². The van der Waals surface area contributed by atoms with Gasteiger partial charge in [0.15, 0.2) is 0 Å². The normalized spacial score (nSPS) is 11.4. The summed E-state index contributed by atoms with van der Waals surface area (Å²) in [5.74, 6) is 0.0408. The highest BCUT2D eigenvalue weighted by atomic mass is 32.2. The first-order chi connectivity index (χ1) is 7.98. The van der Waals surface area contributed by atoms with Gasteiger partial charge in [-0.1, -0.05) is 24.3 Å². The van der Waals surface area contributed by atoms with Crippen LogP contribution in [0.5, 0.6) is 5.75 Å². The van der Waals surface area contributed by atoms with Crippen LogP contribution in [0.2, 0.25) is 0 Å². The molecule has 0 amide bonds. The molecule has 0 heterocycles. The van der Waals surface area contributed by atoms with Crippen LogP contribution in [0.3, 0.4) is 0 Å². The summed E-state index contributed by atoms with van der Waals surface area (Å²) in [7, 11) is -3.74. The molecule has 0 saturated heterocycles. The van der Waals surface area contributed by atoms with Crippen molar-refractivity contribution < 1.29 is 13.5 Å². The molecule has 5 heteroatoms. The first-order valence-corrected chi connectivity index (χ1v) is 6.36. The topological polar surface area (TPSA) is 80.4 Å². The van der Waals surface area contributed by atoms with Crippen molar-refractivity contribution in [1.82, 2.24) is 0 Å². The van der Waals surface area contributed by atoms with Gasteiger partial charge in [-0.15, -0.1) is 0 Å². The van der Waals surface area contributed by atoms with Gasteiger partial charge in [-0.05, 0) is 29.8 Å². The van der Waals surface area contributed by atoms with E-state index in [1.165, 1.54) is 18.2 Å². The number of rotatable bonds is 2. The molecule has 0 saturated carbocycles. The van der Waals surface area contributed by atoms with Gasteiger partial charge >= 0.3 is 0 Å². The number of phenols is 1. The van der Waals surface area contributed by atoms with Crippen LogP contribution >= 0.6 is 0 Å². The van der Waals surface area contributed by atoms with Gasteiger partial charge in [-0.25, -0.2) is 13.6 Å². The van der Waals surface area contributed by atoms with E-state index in [1.807, 2.05) is 0 Å². The number of sulfonamides is 1. The average molecular weight is 248 g/mol.